The van der Waals surface area contributed by atoms with Crippen LogP contribution in [0.2, 0.25) is 0 Å². The van der Waals surface area contributed by atoms with Crippen LogP contribution in [0.5, 0.6) is 11.5 Å². The van der Waals surface area contributed by atoms with E-state index in [1.807, 2.05) is 38.1 Å². The predicted octanol–water partition coefficient (Wildman–Crippen LogP) is 4.06. The standard InChI is InChI=1S/C23H33N3O3/c1-6-28-21-12-11-20(14-22(21)29-7-2)17(3)26-23(24-4)25-15-18-9-8-10-19(13-18)16-27-5/h8-14,17H,6-7,15-16H2,1-5H3,(H2,24,25,26). The van der Waals surface area contributed by atoms with Crippen LogP contribution in [0.25, 0.3) is 0 Å². The Morgan fingerprint density at radius 3 is 2.41 bits per heavy atom. The number of hydrogen-bond acceptors (Lipinski definition) is 4. The maximum absolute atomic E-state index is 5.74. The smallest absolute Gasteiger partial charge is 0.191 e. The SMILES string of the molecule is CCOc1ccc(C(C)NC(=NC)NCc2cccc(COC)c2)cc1OCC. The van der Waals surface area contributed by atoms with E-state index in [9.17, 15) is 0 Å². The Bertz CT molecular complexity index is 793. The summed E-state index contributed by atoms with van der Waals surface area (Å²) < 4.78 is 16.6. The van der Waals surface area contributed by atoms with E-state index in [2.05, 4.69) is 40.7 Å². The minimum Gasteiger partial charge on any atom is -0.490 e. The zero-order valence-electron chi connectivity index (χ0n) is 18.1. The Kier molecular flexibility index (Phi) is 9.31. The number of nitrogens with zero attached hydrogens (tertiary/aromatic N) is 1. The maximum Gasteiger partial charge on any atom is 0.191 e. The van der Waals surface area contributed by atoms with E-state index in [1.54, 1.807) is 14.2 Å². The van der Waals surface area contributed by atoms with Crippen molar-refractivity contribution in [2.45, 2.75) is 40.0 Å². The summed E-state index contributed by atoms with van der Waals surface area (Å²) in [5.74, 6) is 2.27. The molecule has 0 amide bonds. The number of hydrogen-bond donors (Lipinski definition) is 2. The van der Waals surface area contributed by atoms with Crippen LogP contribution in [-0.4, -0.2) is 33.3 Å². The summed E-state index contributed by atoms with van der Waals surface area (Å²) in [6, 6.07) is 14.4. The molecule has 0 aliphatic rings. The van der Waals surface area contributed by atoms with Gasteiger partial charge in [0.05, 0.1) is 25.9 Å². The lowest BCUT2D eigenvalue weighted by molar-refractivity contribution is 0.185. The molecule has 0 saturated heterocycles. The molecule has 0 saturated carbocycles. The molecule has 2 rings (SSSR count). The molecule has 1 atom stereocenters. The molecular weight excluding hydrogens is 366 g/mol. The molecule has 158 valence electrons. The lowest BCUT2D eigenvalue weighted by atomic mass is 10.1. The van der Waals surface area contributed by atoms with Gasteiger partial charge in [-0.2, -0.15) is 0 Å². The number of nitrogens with one attached hydrogen (secondary N) is 2. The molecule has 0 aromatic heterocycles. The molecular formula is C23H33N3O3. The molecule has 2 aromatic rings. The fraction of sp³-hybridized carbons (Fsp3) is 0.435. The summed E-state index contributed by atoms with van der Waals surface area (Å²) in [7, 11) is 3.48. The summed E-state index contributed by atoms with van der Waals surface area (Å²) in [5, 5.41) is 6.80. The largest absolute Gasteiger partial charge is 0.490 e. The predicted molar refractivity (Wildman–Crippen MR) is 118 cm³/mol. The molecule has 0 fully saturated rings. The van der Waals surface area contributed by atoms with Crippen molar-refractivity contribution < 1.29 is 14.2 Å². The van der Waals surface area contributed by atoms with E-state index >= 15 is 0 Å². The highest BCUT2D eigenvalue weighted by Crippen LogP contribution is 2.30. The van der Waals surface area contributed by atoms with Gasteiger partial charge in [0.1, 0.15) is 0 Å². The quantitative estimate of drug-likeness (QED) is 0.466. The van der Waals surface area contributed by atoms with Gasteiger partial charge in [-0.15, -0.1) is 0 Å². The fourth-order valence-corrected chi connectivity index (χ4v) is 3.00. The van der Waals surface area contributed by atoms with Crippen LogP contribution in [-0.2, 0) is 17.9 Å². The third-order valence-electron chi connectivity index (χ3n) is 4.41. The summed E-state index contributed by atoms with van der Waals surface area (Å²) >= 11 is 0. The van der Waals surface area contributed by atoms with E-state index in [0.717, 1.165) is 28.6 Å². The van der Waals surface area contributed by atoms with Crippen LogP contribution in [0.1, 0.15) is 43.5 Å². The molecule has 0 radical (unpaired) electrons. The van der Waals surface area contributed by atoms with Crippen molar-refractivity contribution in [1.29, 1.82) is 0 Å². The van der Waals surface area contributed by atoms with E-state index in [-0.39, 0.29) is 6.04 Å². The van der Waals surface area contributed by atoms with E-state index < -0.39 is 0 Å². The number of methoxy groups -OCH3 is 1. The third kappa shape index (κ3) is 6.98. The summed E-state index contributed by atoms with van der Waals surface area (Å²) in [6.07, 6.45) is 0. The highest BCUT2D eigenvalue weighted by molar-refractivity contribution is 5.80. The van der Waals surface area contributed by atoms with Crippen LogP contribution in [0.3, 0.4) is 0 Å². The van der Waals surface area contributed by atoms with Gasteiger partial charge in [0.15, 0.2) is 17.5 Å². The van der Waals surface area contributed by atoms with Crippen LogP contribution >= 0.6 is 0 Å². The van der Waals surface area contributed by atoms with E-state index in [4.69, 9.17) is 14.2 Å². The molecule has 6 nitrogen and oxygen atoms in total. The molecule has 0 aliphatic carbocycles. The van der Waals surface area contributed by atoms with Crippen molar-refractivity contribution in [3.63, 3.8) is 0 Å². The van der Waals surface area contributed by atoms with Gasteiger partial charge in [-0.25, -0.2) is 0 Å². The summed E-state index contributed by atoms with van der Waals surface area (Å²) in [6.45, 7) is 8.52. The van der Waals surface area contributed by atoms with Crippen LogP contribution < -0.4 is 20.1 Å². The van der Waals surface area contributed by atoms with Gasteiger partial charge in [-0.05, 0) is 49.6 Å². The second-order valence-corrected chi connectivity index (χ2v) is 6.62. The maximum atomic E-state index is 5.74. The molecule has 0 heterocycles. The zero-order valence-corrected chi connectivity index (χ0v) is 18.1. The summed E-state index contributed by atoms with van der Waals surface area (Å²) in [5.41, 5.74) is 3.43. The number of rotatable bonds is 10. The van der Waals surface area contributed by atoms with Crippen molar-refractivity contribution in [1.82, 2.24) is 10.6 Å². The number of guanidine groups is 1. The molecule has 0 spiro atoms. The van der Waals surface area contributed by atoms with Crippen LogP contribution in [0.4, 0.5) is 0 Å². The van der Waals surface area contributed by atoms with Gasteiger partial charge in [-0.1, -0.05) is 30.3 Å². The number of aliphatic imine (C=N–C) groups is 1. The van der Waals surface area contributed by atoms with Crippen molar-refractivity contribution in [3.05, 3.63) is 59.2 Å². The lowest BCUT2D eigenvalue weighted by Gasteiger charge is -2.20. The molecule has 6 heteroatoms. The average molecular weight is 400 g/mol. The number of benzene rings is 2. The van der Waals surface area contributed by atoms with Crippen LogP contribution in [0.15, 0.2) is 47.5 Å². The first-order valence-corrected chi connectivity index (χ1v) is 10.0. The average Bonchev–Trinajstić information content (AvgIpc) is 2.73. The third-order valence-corrected chi connectivity index (χ3v) is 4.41. The van der Waals surface area contributed by atoms with Crippen molar-refractivity contribution in [2.24, 2.45) is 4.99 Å². The highest BCUT2D eigenvalue weighted by Gasteiger charge is 2.12. The van der Waals surface area contributed by atoms with Gasteiger partial charge in [0.2, 0.25) is 0 Å². The molecule has 2 N–H and O–H groups in total. The Morgan fingerprint density at radius 2 is 1.72 bits per heavy atom. The first kappa shape index (κ1) is 22.6. The topological polar surface area (TPSA) is 64.1 Å². The monoisotopic (exact) mass is 399 g/mol. The van der Waals surface area contributed by atoms with Gasteiger partial charge in [-0.3, -0.25) is 4.99 Å². The van der Waals surface area contributed by atoms with Crippen molar-refractivity contribution in [2.75, 3.05) is 27.4 Å². The normalized spacial score (nSPS) is 12.4. The molecule has 29 heavy (non-hydrogen) atoms. The minimum atomic E-state index is 0.0518. The lowest BCUT2D eigenvalue weighted by Crippen LogP contribution is -2.38. The fourth-order valence-electron chi connectivity index (χ4n) is 3.00. The molecule has 0 aliphatic heterocycles. The Balaban J connectivity index is 2.01. The van der Waals surface area contributed by atoms with Crippen molar-refractivity contribution >= 4 is 5.96 Å². The molecule has 0 bridgehead atoms. The summed E-state index contributed by atoms with van der Waals surface area (Å²) in [4.78, 5) is 4.35. The Morgan fingerprint density at radius 1 is 1.00 bits per heavy atom. The van der Waals surface area contributed by atoms with Gasteiger partial charge in [0, 0.05) is 20.7 Å². The van der Waals surface area contributed by atoms with E-state index in [0.29, 0.717) is 26.4 Å². The van der Waals surface area contributed by atoms with Gasteiger partial charge in [0.25, 0.3) is 0 Å². The molecule has 2 aromatic carbocycles. The van der Waals surface area contributed by atoms with Crippen LogP contribution in [0, 0.1) is 0 Å². The zero-order chi connectivity index (χ0) is 21.1. The minimum absolute atomic E-state index is 0.0518. The first-order chi connectivity index (χ1) is 14.1. The molecule has 1 unspecified atom stereocenters. The first-order valence-electron chi connectivity index (χ1n) is 10.0. The second kappa shape index (κ2) is 12.0. The second-order valence-electron chi connectivity index (χ2n) is 6.62. The highest BCUT2D eigenvalue weighted by atomic mass is 16.5. The number of ether oxygens (including phenoxy) is 3. The van der Waals surface area contributed by atoms with Gasteiger partial charge >= 0.3 is 0 Å². The Labute approximate surface area is 174 Å². The van der Waals surface area contributed by atoms with E-state index in [1.165, 1.54) is 5.56 Å². The Hall–Kier alpha value is -2.73. The van der Waals surface area contributed by atoms with Gasteiger partial charge < -0.3 is 24.8 Å². The van der Waals surface area contributed by atoms with Crippen molar-refractivity contribution in [3.8, 4) is 11.5 Å².